The van der Waals surface area contributed by atoms with E-state index in [4.69, 9.17) is 4.42 Å². The Bertz CT molecular complexity index is 833. The third kappa shape index (κ3) is 2.92. The summed E-state index contributed by atoms with van der Waals surface area (Å²) in [6.07, 6.45) is 1.60. The van der Waals surface area contributed by atoms with E-state index < -0.39 is 0 Å². The molecule has 1 N–H and O–H groups in total. The van der Waals surface area contributed by atoms with Crippen molar-refractivity contribution in [3.63, 3.8) is 0 Å². The number of aromatic nitrogens is 3. The highest BCUT2D eigenvalue weighted by Crippen LogP contribution is 2.28. The van der Waals surface area contributed by atoms with E-state index in [1.807, 2.05) is 45.3 Å². The van der Waals surface area contributed by atoms with E-state index in [0.717, 1.165) is 22.6 Å². The zero-order valence-corrected chi connectivity index (χ0v) is 14.3. The number of thiazole rings is 1. The Hall–Kier alpha value is -2.41. The molecule has 3 heterocycles. The number of aryl methyl sites for hydroxylation is 2. The van der Waals surface area contributed by atoms with Gasteiger partial charge in [0.15, 0.2) is 10.9 Å². The summed E-state index contributed by atoms with van der Waals surface area (Å²) in [6, 6.07) is 3.65. The van der Waals surface area contributed by atoms with Crippen LogP contribution in [0.3, 0.4) is 0 Å². The Balaban J connectivity index is 1.76. The summed E-state index contributed by atoms with van der Waals surface area (Å²) in [5.41, 5.74) is 3.56. The van der Waals surface area contributed by atoms with Crippen LogP contribution in [-0.4, -0.2) is 20.7 Å². The normalized spacial score (nSPS) is 12.3. The summed E-state index contributed by atoms with van der Waals surface area (Å²) >= 11 is 1.38. The highest BCUT2D eigenvalue weighted by atomic mass is 32.1. The molecule has 3 aromatic rings. The highest BCUT2D eigenvalue weighted by molar-refractivity contribution is 7.14. The Morgan fingerprint density at radius 3 is 2.83 bits per heavy atom. The quantitative estimate of drug-likeness (QED) is 0.794. The first kappa shape index (κ1) is 15.5. The maximum absolute atomic E-state index is 12.5. The lowest BCUT2D eigenvalue weighted by molar-refractivity contribution is -0.117. The summed E-state index contributed by atoms with van der Waals surface area (Å²) in [5.74, 6) is 0.304. The summed E-state index contributed by atoms with van der Waals surface area (Å²) in [4.78, 5) is 16.9. The summed E-state index contributed by atoms with van der Waals surface area (Å²) in [6.45, 7) is 5.77. The van der Waals surface area contributed by atoms with E-state index >= 15 is 0 Å². The number of amides is 1. The van der Waals surface area contributed by atoms with Crippen LogP contribution in [0.2, 0.25) is 0 Å². The molecular weight excluding hydrogens is 312 g/mol. The summed E-state index contributed by atoms with van der Waals surface area (Å²) in [5, 5.41) is 9.67. The third-order valence-electron chi connectivity index (χ3n) is 3.90. The maximum atomic E-state index is 12.5. The molecular formula is C16H18N4O2S. The third-order valence-corrected chi connectivity index (χ3v) is 4.66. The molecule has 3 rings (SSSR count). The molecule has 120 valence electrons. The first-order valence-corrected chi connectivity index (χ1v) is 8.15. The van der Waals surface area contributed by atoms with Gasteiger partial charge < -0.3 is 9.73 Å². The summed E-state index contributed by atoms with van der Waals surface area (Å²) in [7, 11) is 1.88. The van der Waals surface area contributed by atoms with Gasteiger partial charge in [-0.1, -0.05) is 0 Å². The lowest BCUT2D eigenvalue weighted by Crippen LogP contribution is -2.19. The van der Waals surface area contributed by atoms with Crippen LogP contribution >= 0.6 is 11.3 Å². The van der Waals surface area contributed by atoms with E-state index in [1.54, 1.807) is 10.9 Å². The largest absolute Gasteiger partial charge is 0.463 e. The van der Waals surface area contributed by atoms with Gasteiger partial charge >= 0.3 is 0 Å². The van der Waals surface area contributed by atoms with Crippen LogP contribution in [-0.2, 0) is 11.8 Å². The van der Waals surface area contributed by atoms with E-state index in [2.05, 4.69) is 15.4 Å². The van der Waals surface area contributed by atoms with Crippen LogP contribution in [0.1, 0.15) is 29.8 Å². The minimum atomic E-state index is -0.292. The van der Waals surface area contributed by atoms with Gasteiger partial charge in [0.25, 0.3) is 0 Å². The Kier molecular flexibility index (Phi) is 4.04. The Morgan fingerprint density at radius 1 is 1.43 bits per heavy atom. The van der Waals surface area contributed by atoms with Crippen LogP contribution in [0, 0.1) is 13.8 Å². The molecule has 0 aliphatic heterocycles. The number of anilines is 1. The van der Waals surface area contributed by atoms with Gasteiger partial charge in [0, 0.05) is 23.7 Å². The van der Waals surface area contributed by atoms with Crippen molar-refractivity contribution in [1.82, 2.24) is 14.8 Å². The molecule has 0 spiro atoms. The van der Waals surface area contributed by atoms with Gasteiger partial charge in [-0.3, -0.25) is 9.48 Å². The number of furan rings is 1. The van der Waals surface area contributed by atoms with E-state index in [0.29, 0.717) is 10.9 Å². The van der Waals surface area contributed by atoms with Crippen LogP contribution in [0.25, 0.3) is 11.5 Å². The summed E-state index contributed by atoms with van der Waals surface area (Å²) < 4.78 is 7.11. The molecule has 0 radical (unpaired) electrons. The van der Waals surface area contributed by atoms with Crippen LogP contribution in [0.4, 0.5) is 5.13 Å². The number of rotatable bonds is 4. The Labute approximate surface area is 138 Å². The molecule has 0 fully saturated rings. The van der Waals surface area contributed by atoms with Crippen LogP contribution in [0.5, 0.6) is 0 Å². The van der Waals surface area contributed by atoms with Gasteiger partial charge in [-0.05, 0) is 32.9 Å². The minimum absolute atomic E-state index is 0.0930. The van der Waals surface area contributed by atoms with Gasteiger partial charge in [-0.25, -0.2) is 4.98 Å². The zero-order valence-electron chi connectivity index (χ0n) is 13.5. The first-order chi connectivity index (χ1) is 11.0. The lowest BCUT2D eigenvalue weighted by Gasteiger charge is -2.11. The molecule has 0 bridgehead atoms. The predicted molar refractivity (Wildman–Crippen MR) is 89.5 cm³/mol. The average Bonchev–Trinajstić information content (AvgIpc) is 3.21. The molecule has 0 saturated heterocycles. The fourth-order valence-electron chi connectivity index (χ4n) is 2.63. The molecule has 23 heavy (non-hydrogen) atoms. The van der Waals surface area contributed by atoms with Gasteiger partial charge in [-0.15, -0.1) is 11.3 Å². The lowest BCUT2D eigenvalue weighted by atomic mass is 9.98. The van der Waals surface area contributed by atoms with Crippen molar-refractivity contribution in [2.45, 2.75) is 26.7 Å². The number of nitrogens with one attached hydrogen (secondary N) is 1. The monoisotopic (exact) mass is 330 g/mol. The SMILES string of the molecule is Cc1nn(C)c(C)c1[C@H](C)C(=O)Nc1nc(-c2ccco2)cs1. The molecule has 3 aromatic heterocycles. The van der Waals surface area contributed by atoms with Gasteiger partial charge in [0.2, 0.25) is 5.91 Å². The van der Waals surface area contributed by atoms with Crippen molar-refractivity contribution in [1.29, 1.82) is 0 Å². The minimum Gasteiger partial charge on any atom is -0.463 e. The standard InChI is InChI=1S/C16H18N4O2S/c1-9(14-10(2)19-20(4)11(14)3)15(21)18-16-17-12(8-23-16)13-6-5-7-22-13/h5-9H,1-4H3,(H,17,18,21)/t9-/m0/s1. The van der Waals surface area contributed by atoms with Gasteiger partial charge in [0.1, 0.15) is 5.69 Å². The molecule has 0 aliphatic rings. The fraction of sp³-hybridized carbons (Fsp3) is 0.312. The second kappa shape index (κ2) is 6.00. The van der Waals surface area contributed by atoms with Crippen LogP contribution < -0.4 is 5.32 Å². The fourth-order valence-corrected chi connectivity index (χ4v) is 3.33. The van der Waals surface area contributed by atoms with Crippen molar-refractivity contribution < 1.29 is 9.21 Å². The van der Waals surface area contributed by atoms with Crippen molar-refractivity contribution >= 4 is 22.4 Å². The molecule has 0 saturated carbocycles. The van der Waals surface area contributed by atoms with E-state index in [-0.39, 0.29) is 11.8 Å². The van der Waals surface area contributed by atoms with Crippen molar-refractivity contribution in [2.75, 3.05) is 5.32 Å². The molecule has 7 heteroatoms. The van der Waals surface area contributed by atoms with Crippen LogP contribution in [0.15, 0.2) is 28.2 Å². The van der Waals surface area contributed by atoms with Gasteiger partial charge in [-0.2, -0.15) is 5.10 Å². The van der Waals surface area contributed by atoms with Crippen molar-refractivity contribution in [3.8, 4) is 11.5 Å². The second-order valence-electron chi connectivity index (χ2n) is 5.43. The molecule has 1 atom stereocenters. The number of hydrogen-bond acceptors (Lipinski definition) is 5. The van der Waals surface area contributed by atoms with E-state index in [1.165, 1.54) is 11.3 Å². The topological polar surface area (TPSA) is 73.0 Å². The maximum Gasteiger partial charge on any atom is 0.233 e. The second-order valence-corrected chi connectivity index (χ2v) is 6.29. The molecule has 1 amide bonds. The van der Waals surface area contributed by atoms with Crippen molar-refractivity contribution in [2.24, 2.45) is 7.05 Å². The number of carbonyl (C=O) groups is 1. The van der Waals surface area contributed by atoms with Crippen molar-refractivity contribution in [3.05, 3.63) is 40.7 Å². The smallest absolute Gasteiger partial charge is 0.233 e. The first-order valence-electron chi connectivity index (χ1n) is 7.27. The average molecular weight is 330 g/mol. The molecule has 0 aromatic carbocycles. The predicted octanol–water partition coefficient (Wildman–Crippen LogP) is 3.50. The van der Waals surface area contributed by atoms with Gasteiger partial charge in [0.05, 0.1) is 17.9 Å². The number of carbonyl (C=O) groups excluding carboxylic acids is 1. The highest BCUT2D eigenvalue weighted by Gasteiger charge is 2.23. The number of nitrogens with zero attached hydrogens (tertiary/aromatic N) is 3. The molecule has 0 unspecified atom stereocenters. The Morgan fingerprint density at radius 2 is 2.22 bits per heavy atom. The molecule has 0 aliphatic carbocycles. The number of hydrogen-bond donors (Lipinski definition) is 1. The zero-order chi connectivity index (χ0) is 16.6. The molecule has 6 nitrogen and oxygen atoms in total. The van der Waals surface area contributed by atoms with E-state index in [9.17, 15) is 4.79 Å².